The summed E-state index contributed by atoms with van der Waals surface area (Å²) in [5.74, 6) is -0.243. The van der Waals surface area contributed by atoms with E-state index in [1.807, 2.05) is 0 Å². The Bertz CT molecular complexity index is 453. The number of carbonyl (C=O) groups is 1. The molecule has 2 heterocycles. The second-order valence-electron chi connectivity index (χ2n) is 4.29. The number of amides is 1. The van der Waals surface area contributed by atoms with Crippen LogP contribution < -0.4 is 0 Å². The van der Waals surface area contributed by atoms with E-state index in [4.69, 9.17) is 16.0 Å². The van der Waals surface area contributed by atoms with Crippen LogP contribution in [0, 0.1) is 0 Å². The third-order valence-corrected chi connectivity index (χ3v) is 3.05. The van der Waals surface area contributed by atoms with Crippen LogP contribution in [0.2, 0.25) is 5.22 Å². The molecule has 1 aliphatic heterocycles. The highest BCUT2D eigenvalue weighted by Crippen LogP contribution is 2.19. The molecular formula is C11H12ClF3N2O2. The molecule has 0 aliphatic carbocycles. The molecule has 106 valence electrons. The Balaban J connectivity index is 1.88. The van der Waals surface area contributed by atoms with E-state index in [2.05, 4.69) is 0 Å². The smallest absolute Gasteiger partial charge is 0.401 e. The largest absolute Gasteiger partial charge is 0.440 e. The fraction of sp³-hybridized carbons (Fsp3) is 0.545. The Kier molecular flexibility index (Phi) is 4.05. The zero-order valence-electron chi connectivity index (χ0n) is 9.91. The van der Waals surface area contributed by atoms with Crippen molar-refractivity contribution in [2.45, 2.75) is 6.18 Å². The molecule has 0 bridgehead atoms. The van der Waals surface area contributed by atoms with Gasteiger partial charge in [-0.2, -0.15) is 13.2 Å². The normalized spacial score (nSPS) is 17.8. The van der Waals surface area contributed by atoms with Gasteiger partial charge >= 0.3 is 6.18 Å². The molecule has 19 heavy (non-hydrogen) atoms. The molecular weight excluding hydrogens is 285 g/mol. The molecule has 0 atom stereocenters. The number of rotatable bonds is 2. The Morgan fingerprint density at radius 1 is 1.26 bits per heavy atom. The third-order valence-electron chi connectivity index (χ3n) is 2.85. The molecule has 2 rings (SSSR count). The summed E-state index contributed by atoms with van der Waals surface area (Å²) in [7, 11) is 0. The summed E-state index contributed by atoms with van der Waals surface area (Å²) in [5.41, 5.74) is 0. The van der Waals surface area contributed by atoms with E-state index in [1.54, 1.807) is 0 Å². The molecule has 1 amide bonds. The van der Waals surface area contributed by atoms with Crippen molar-refractivity contribution in [1.82, 2.24) is 9.80 Å². The first-order valence-corrected chi connectivity index (χ1v) is 6.07. The standard InChI is InChI=1S/C11H12ClF3N2O2/c12-9-2-1-8(19-9)10(18)17-5-3-16(4-6-17)7-11(13,14)15/h1-2H,3-7H2. The van der Waals surface area contributed by atoms with Crippen LogP contribution >= 0.6 is 11.6 Å². The molecule has 1 aliphatic rings. The van der Waals surface area contributed by atoms with E-state index < -0.39 is 12.7 Å². The lowest BCUT2D eigenvalue weighted by Gasteiger charge is -2.34. The lowest BCUT2D eigenvalue weighted by atomic mass is 10.3. The molecule has 0 unspecified atom stereocenters. The van der Waals surface area contributed by atoms with Crippen LogP contribution in [0.15, 0.2) is 16.5 Å². The summed E-state index contributed by atoms with van der Waals surface area (Å²) in [5, 5.41) is 0.110. The minimum Gasteiger partial charge on any atom is -0.440 e. The second kappa shape index (κ2) is 5.42. The predicted molar refractivity (Wildman–Crippen MR) is 62.1 cm³/mol. The van der Waals surface area contributed by atoms with Gasteiger partial charge in [0.15, 0.2) is 11.0 Å². The van der Waals surface area contributed by atoms with Crippen molar-refractivity contribution >= 4 is 17.5 Å². The zero-order chi connectivity index (χ0) is 14.0. The maximum Gasteiger partial charge on any atom is 0.401 e. The summed E-state index contributed by atoms with van der Waals surface area (Å²) >= 11 is 5.57. The molecule has 1 saturated heterocycles. The lowest BCUT2D eigenvalue weighted by molar-refractivity contribution is -0.148. The molecule has 0 spiro atoms. The molecule has 1 aromatic heterocycles. The fourth-order valence-electron chi connectivity index (χ4n) is 1.95. The number of furan rings is 1. The van der Waals surface area contributed by atoms with Crippen molar-refractivity contribution in [3.8, 4) is 0 Å². The Labute approximate surface area is 112 Å². The van der Waals surface area contributed by atoms with Gasteiger partial charge in [0.2, 0.25) is 0 Å². The quantitative estimate of drug-likeness (QED) is 0.840. The van der Waals surface area contributed by atoms with Gasteiger partial charge in [-0.3, -0.25) is 9.69 Å². The van der Waals surface area contributed by atoms with Crippen LogP contribution in [0.3, 0.4) is 0 Å². The summed E-state index contributed by atoms with van der Waals surface area (Å²) in [6, 6.07) is 2.90. The number of nitrogens with zero attached hydrogens (tertiary/aromatic N) is 2. The maximum atomic E-state index is 12.2. The maximum absolute atomic E-state index is 12.2. The summed E-state index contributed by atoms with van der Waals surface area (Å²) in [6.07, 6.45) is -4.21. The number of carbonyl (C=O) groups excluding carboxylic acids is 1. The Hall–Kier alpha value is -1.21. The van der Waals surface area contributed by atoms with Gasteiger partial charge in [0.1, 0.15) is 0 Å². The van der Waals surface area contributed by atoms with E-state index in [1.165, 1.54) is 21.9 Å². The van der Waals surface area contributed by atoms with Gasteiger partial charge in [-0.25, -0.2) is 0 Å². The number of alkyl halides is 3. The van der Waals surface area contributed by atoms with Crippen LogP contribution in [0.1, 0.15) is 10.6 Å². The van der Waals surface area contributed by atoms with Crippen LogP contribution in [0.5, 0.6) is 0 Å². The zero-order valence-corrected chi connectivity index (χ0v) is 10.7. The first-order valence-electron chi connectivity index (χ1n) is 5.69. The molecule has 0 radical (unpaired) electrons. The predicted octanol–water partition coefficient (Wildman–Crippen LogP) is 2.25. The first-order chi connectivity index (χ1) is 8.85. The van der Waals surface area contributed by atoms with Crippen LogP contribution in [0.25, 0.3) is 0 Å². The van der Waals surface area contributed by atoms with Crippen LogP contribution in [0.4, 0.5) is 13.2 Å². The molecule has 8 heteroatoms. The molecule has 1 aromatic rings. The van der Waals surface area contributed by atoms with Gasteiger partial charge in [-0.05, 0) is 23.7 Å². The number of hydrogen-bond donors (Lipinski definition) is 0. The summed E-state index contributed by atoms with van der Waals surface area (Å²) < 4.78 is 41.6. The van der Waals surface area contributed by atoms with Crippen molar-refractivity contribution in [1.29, 1.82) is 0 Å². The first kappa shape index (κ1) is 14.2. The van der Waals surface area contributed by atoms with E-state index in [0.29, 0.717) is 0 Å². The van der Waals surface area contributed by atoms with Crippen molar-refractivity contribution in [2.75, 3.05) is 32.7 Å². The lowest BCUT2D eigenvalue weighted by Crippen LogP contribution is -2.50. The van der Waals surface area contributed by atoms with Crippen molar-refractivity contribution < 1.29 is 22.4 Å². The van der Waals surface area contributed by atoms with Crippen LogP contribution in [-0.2, 0) is 0 Å². The minimum atomic E-state index is -4.21. The van der Waals surface area contributed by atoms with Gasteiger partial charge in [-0.15, -0.1) is 0 Å². The van der Waals surface area contributed by atoms with Gasteiger partial charge < -0.3 is 9.32 Å². The summed E-state index contributed by atoms with van der Waals surface area (Å²) in [6.45, 7) is -0.0680. The van der Waals surface area contributed by atoms with E-state index in [9.17, 15) is 18.0 Å². The third kappa shape index (κ3) is 3.87. The van der Waals surface area contributed by atoms with E-state index in [0.717, 1.165) is 0 Å². The molecule has 4 nitrogen and oxygen atoms in total. The van der Waals surface area contributed by atoms with Crippen LogP contribution in [-0.4, -0.2) is 54.6 Å². The monoisotopic (exact) mass is 296 g/mol. The fourth-order valence-corrected chi connectivity index (χ4v) is 2.09. The number of hydrogen-bond acceptors (Lipinski definition) is 3. The average Bonchev–Trinajstić information content (AvgIpc) is 2.74. The Morgan fingerprint density at radius 3 is 2.37 bits per heavy atom. The highest BCUT2D eigenvalue weighted by atomic mass is 35.5. The van der Waals surface area contributed by atoms with Crippen molar-refractivity contribution in [3.05, 3.63) is 23.1 Å². The topological polar surface area (TPSA) is 36.7 Å². The molecule has 1 fully saturated rings. The SMILES string of the molecule is O=C(c1ccc(Cl)o1)N1CCN(CC(F)(F)F)CC1. The van der Waals surface area contributed by atoms with Gasteiger partial charge in [0.25, 0.3) is 5.91 Å². The van der Waals surface area contributed by atoms with Gasteiger partial charge in [0, 0.05) is 26.2 Å². The average molecular weight is 297 g/mol. The number of piperazine rings is 1. The molecule has 0 saturated carbocycles. The number of halogens is 4. The minimum absolute atomic E-state index is 0.106. The van der Waals surface area contributed by atoms with E-state index in [-0.39, 0.29) is 43.1 Å². The van der Waals surface area contributed by atoms with E-state index >= 15 is 0 Å². The highest BCUT2D eigenvalue weighted by Gasteiger charge is 2.33. The van der Waals surface area contributed by atoms with Crippen molar-refractivity contribution in [3.63, 3.8) is 0 Å². The second-order valence-corrected chi connectivity index (χ2v) is 4.66. The van der Waals surface area contributed by atoms with Gasteiger partial charge in [0.05, 0.1) is 6.54 Å². The molecule has 0 aromatic carbocycles. The Morgan fingerprint density at radius 2 is 1.89 bits per heavy atom. The van der Waals surface area contributed by atoms with Crippen molar-refractivity contribution in [2.24, 2.45) is 0 Å². The summed E-state index contributed by atoms with van der Waals surface area (Å²) in [4.78, 5) is 14.7. The highest BCUT2D eigenvalue weighted by molar-refractivity contribution is 6.29. The molecule has 0 N–H and O–H groups in total. The van der Waals surface area contributed by atoms with Gasteiger partial charge in [-0.1, -0.05) is 0 Å².